The highest BCUT2D eigenvalue weighted by Gasteiger charge is 2.37. The molecule has 0 aromatic heterocycles. The van der Waals surface area contributed by atoms with Gasteiger partial charge < -0.3 is 4.55 Å². The van der Waals surface area contributed by atoms with Gasteiger partial charge in [-0.3, -0.25) is 0 Å². The lowest BCUT2D eigenvalue weighted by atomic mass is 10.0. The zero-order chi connectivity index (χ0) is 17.4. The average Bonchev–Trinajstić information content (AvgIpc) is 2.78. The summed E-state index contributed by atoms with van der Waals surface area (Å²) in [5, 5.41) is 0.941. The first-order valence-electron chi connectivity index (χ1n) is 6.08. The number of hydrogen-bond acceptors (Lipinski definition) is 3. The van der Waals surface area contributed by atoms with Gasteiger partial charge in [0.05, 0.1) is 5.02 Å². The molecule has 0 atom stereocenters. The van der Waals surface area contributed by atoms with Crippen LogP contribution in [-0.2, 0) is 10.1 Å². The number of halogens is 5. The summed E-state index contributed by atoms with van der Waals surface area (Å²) in [4.78, 5) is 0. The highest BCUT2D eigenvalue weighted by atomic mass is 127. The molecule has 0 saturated carbocycles. The van der Waals surface area contributed by atoms with Gasteiger partial charge in [0.2, 0.25) is 7.14 Å². The van der Waals surface area contributed by atoms with Gasteiger partial charge in [-0.1, -0.05) is 29.8 Å². The monoisotopic (exact) mass is 476 g/mol. The van der Waals surface area contributed by atoms with Gasteiger partial charge in [-0.25, -0.2) is 8.42 Å². The van der Waals surface area contributed by atoms with Crippen molar-refractivity contribution in [1.82, 2.24) is 0 Å². The van der Waals surface area contributed by atoms with Gasteiger partial charge in [-0.15, -0.1) is 0 Å². The van der Waals surface area contributed by atoms with Crippen molar-refractivity contribution in [2.75, 3.05) is 0 Å². The predicted octanol–water partition coefficient (Wildman–Crippen LogP) is 0.809. The minimum atomic E-state index is -6.09. The molecule has 9 heteroatoms. The Labute approximate surface area is 146 Å². The van der Waals surface area contributed by atoms with E-state index in [4.69, 9.17) is 24.6 Å². The number of fused-ring (bicyclic) bond motifs is 3. The van der Waals surface area contributed by atoms with Crippen molar-refractivity contribution in [3.8, 4) is 11.1 Å². The summed E-state index contributed by atoms with van der Waals surface area (Å²) in [6, 6.07) is 12.8. The number of rotatable bonds is 0. The summed E-state index contributed by atoms with van der Waals surface area (Å²) in [5.74, 6) is 0. The maximum absolute atomic E-state index is 10.7. The second-order valence-electron chi connectivity index (χ2n) is 4.53. The van der Waals surface area contributed by atoms with Crippen LogP contribution >= 0.6 is 11.6 Å². The topological polar surface area (TPSA) is 57.2 Å². The molecule has 1 heterocycles. The van der Waals surface area contributed by atoms with Crippen LogP contribution in [0.1, 0.15) is 5.56 Å². The first-order valence-corrected chi connectivity index (χ1v) is 10.0. The number of aryl methyl sites for hydroxylation is 1. The normalized spacial score (nSPS) is 13.0. The van der Waals surface area contributed by atoms with Crippen molar-refractivity contribution in [2.24, 2.45) is 0 Å². The molecule has 2 aromatic rings. The lowest BCUT2D eigenvalue weighted by molar-refractivity contribution is -0.589. The molecule has 0 unspecified atom stereocenters. The Morgan fingerprint density at radius 3 is 2.26 bits per heavy atom. The summed E-state index contributed by atoms with van der Waals surface area (Å²) in [6.45, 7) is 2.18. The van der Waals surface area contributed by atoms with E-state index in [0.29, 0.717) is 0 Å². The summed E-state index contributed by atoms with van der Waals surface area (Å²) in [5.41, 5.74) is -1.48. The van der Waals surface area contributed by atoms with Crippen LogP contribution in [0.4, 0.5) is 13.2 Å². The molecule has 3 rings (SSSR count). The highest BCUT2D eigenvalue weighted by Crippen LogP contribution is 2.28. The molecular formula is C14H9ClF3IO3S. The smallest absolute Gasteiger partial charge is 0.485 e. The van der Waals surface area contributed by atoms with Crippen molar-refractivity contribution in [3.63, 3.8) is 0 Å². The maximum atomic E-state index is 10.7. The van der Waals surface area contributed by atoms with Crippen LogP contribution in [0.15, 0.2) is 36.4 Å². The Morgan fingerprint density at radius 1 is 1.13 bits per heavy atom. The maximum Gasteiger partial charge on any atom is 0.485 e. The second kappa shape index (κ2) is 6.58. The molecule has 2 aromatic carbocycles. The van der Waals surface area contributed by atoms with E-state index in [1.807, 2.05) is 12.1 Å². The zero-order valence-electron chi connectivity index (χ0n) is 11.5. The third-order valence-electron chi connectivity index (χ3n) is 2.92. The number of benzene rings is 2. The lowest BCUT2D eigenvalue weighted by Gasteiger charge is -2.08. The van der Waals surface area contributed by atoms with E-state index >= 15 is 0 Å². The van der Waals surface area contributed by atoms with Crippen LogP contribution in [0.5, 0.6) is 0 Å². The van der Waals surface area contributed by atoms with Gasteiger partial charge >= 0.3 is 26.7 Å². The molecule has 0 bridgehead atoms. The summed E-state index contributed by atoms with van der Waals surface area (Å²) < 4.78 is 61.8. The predicted molar refractivity (Wildman–Crippen MR) is 74.8 cm³/mol. The average molecular weight is 477 g/mol. The van der Waals surface area contributed by atoms with Crippen LogP contribution in [0.2, 0.25) is 5.02 Å². The molecular weight excluding hydrogens is 468 g/mol. The van der Waals surface area contributed by atoms with Crippen molar-refractivity contribution in [1.29, 1.82) is 0 Å². The molecule has 0 amide bonds. The van der Waals surface area contributed by atoms with E-state index in [9.17, 15) is 13.2 Å². The van der Waals surface area contributed by atoms with Gasteiger partial charge in [-0.2, -0.15) is 13.2 Å². The molecule has 0 saturated heterocycles. The fourth-order valence-corrected chi connectivity index (χ4v) is 5.49. The van der Waals surface area contributed by atoms with Crippen molar-refractivity contribution >= 4 is 21.7 Å². The molecule has 3 nitrogen and oxygen atoms in total. The number of hydrogen-bond donors (Lipinski definition) is 0. The van der Waals surface area contributed by atoms with Crippen molar-refractivity contribution in [2.45, 2.75) is 12.4 Å². The fourth-order valence-electron chi connectivity index (χ4n) is 1.95. The summed E-state index contributed by atoms with van der Waals surface area (Å²) in [6.07, 6.45) is 0. The van der Waals surface area contributed by atoms with E-state index in [1.54, 1.807) is 0 Å². The quantitative estimate of drug-likeness (QED) is 0.274. The summed E-state index contributed by atoms with van der Waals surface area (Å²) >= 11 is 6.17. The minimum absolute atomic E-state index is 0.0677. The molecule has 124 valence electrons. The van der Waals surface area contributed by atoms with Gasteiger partial charge in [0.15, 0.2) is 10.1 Å². The van der Waals surface area contributed by atoms with E-state index in [1.165, 1.54) is 23.8 Å². The van der Waals surface area contributed by atoms with Gasteiger partial charge in [0.25, 0.3) is 0 Å². The van der Waals surface area contributed by atoms with Gasteiger partial charge in [0.1, 0.15) is 0 Å². The Morgan fingerprint density at radius 2 is 1.70 bits per heavy atom. The third-order valence-corrected chi connectivity index (χ3v) is 7.31. The fraction of sp³-hybridized carbons (Fsp3) is 0.143. The molecule has 0 radical (unpaired) electrons. The van der Waals surface area contributed by atoms with Crippen LogP contribution in [0, 0.1) is 14.1 Å². The Balaban J connectivity index is 0.000000207. The number of alkyl halides is 3. The Kier molecular flexibility index (Phi) is 5.29. The van der Waals surface area contributed by atoms with Crippen molar-refractivity contribution in [3.05, 3.63) is 54.1 Å². The minimum Gasteiger partial charge on any atom is -0.741 e. The first-order chi connectivity index (χ1) is 10.5. The molecule has 1 aliphatic heterocycles. The Hall–Kier alpha value is -0.840. The van der Waals surface area contributed by atoms with E-state index in [0.717, 1.165) is 5.02 Å². The molecule has 0 spiro atoms. The molecule has 0 aliphatic carbocycles. The first kappa shape index (κ1) is 18.5. The van der Waals surface area contributed by atoms with Crippen LogP contribution in [0.3, 0.4) is 0 Å². The van der Waals surface area contributed by atoms with E-state index in [2.05, 4.69) is 31.2 Å². The SMILES string of the molecule is Cc1cccc2c1-c1cccc(Cl)c1[I+]2.O=S(=O)([O-])C(F)(F)F. The second-order valence-corrected chi connectivity index (χ2v) is 9.09. The van der Waals surface area contributed by atoms with Crippen LogP contribution in [-0.4, -0.2) is 18.5 Å². The van der Waals surface area contributed by atoms with Crippen molar-refractivity contribution < 1.29 is 47.3 Å². The molecule has 23 heavy (non-hydrogen) atoms. The van der Waals surface area contributed by atoms with Gasteiger partial charge in [-0.05, 0) is 30.7 Å². The van der Waals surface area contributed by atoms with Crippen LogP contribution in [0.25, 0.3) is 11.1 Å². The third kappa shape index (κ3) is 3.98. The van der Waals surface area contributed by atoms with E-state index < -0.39 is 15.6 Å². The zero-order valence-corrected chi connectivity index (χ0v) is 15.2. The molecule has 0 N–H and O–H groups in total. The molecule has 0 fully saturated rings. The van der Waals surface area contributed by atoms with Gasteiger partial charge in [0, 0.05) is 11.1 Å². The highest BCUT2D eigenvalue weighted by molar-refractivity contribution is 7.86. The summed E-state index contributed by atoms with van der Waals surface area (Å²) in [7, 11) is -6.09. The van der Waals surface area contributed by atoms with Crippen LogP contribution < -0.4 is 21.2 Å². The van der Waals surface area contributed by atoms with E-state index in [-0.39, 0.29) is 21.2 Å². The molecule has 1 aliphatic rings. The Bertz CT molecular complexity index is 851. The largest absolute Gasteiger partial charge is 0.741 e. The lowest BCUT2D eigenvalue weighted by Crippen LogP contribution is -3.61. The standard InChI is InChI=1S/C13H9ClI.CHF3O3S/c1-8-4-2-7-11-12(8)9-5-3-6-10(14)13(9)15-11;2-1(3,4)8(5,6)7/h2-7H,1H3;(H,5,6,7)/q+1;/p-1.